The van der Waals surface area contributed by atoms with Crippen LogP contribution >= 0.6 is 0 Å². The quantitative estimate of drug-likeness (QED) is 0.564. The van der Waals surface area contributed by atoms with Crippen LogP contribution in [0.5, 0.6) is 0 Å². The maximum Gasteiger partial charge on any atom is 0.411 e. The summed E-state index contributed by atoms with van der Waals surface area (Å²) in [6, 6.07) is 16.2. The topological polar surface area (TPSA) is 92.6 Å². The molecule has 1 aliphatic rings. The van der Waals surface area contributed by atoms with Crippen LogP contribution in [0.25, 0.3) is 11.1 Å². The van der Waals surface area contributed by atoms with Crippen LogP contribution in [0, 0.1) is 6.92 Å². The molecule has 170 valence electrons. The van der Waals surface area contributed by atoms with Crippen LogP contribution in [0.1, 0.15) is 48.7 Å². The SMILES string of the molecule is CCCN(C(=O)OCC1c2ccccc2-c2ccccc21)C(C)(C(=O)O)c1nccnc1C. The Bertz CT molecular complexity index is 1150. The van der Waals surface area contributed by atoms with Crippen molar-refractivity contribution in [1.29, 1.82) is 0 Å². The summed E-state index contributed by atoms with van der Waals surface area (Å²) in [6.45, 7) is 5.36. The highest BCUT2D eigenvalue weighted by atomic mass is 16.6. The Kier molecular flexibility index (Phi) is 6.14. The van der Waals surface area contributed by atoms with Gasteiger partial charge in [0.1, 0.15) is 6.61 Å². The molecule has 7 heteroatoms. The van der Waals surface area contributed by atoms with Crippen molar-refractivity contribution in [3.05, 3.63) is 83.4 Å². The molecule has 1 amide bonds. The van der Waals surface area contributed by atoms with Gasteiger partial charge in [-0.1, -0.05) is 55.5 Å². The number of aryl methyl sites for hydroxylation is 1. The zero-order valence-corrected chi connectivity index (χ0v) is 19.0. The molecule has 1 N–H and O–H groups in total. The van der Waals surface area contributed by atoms with Gasteiger partial charge in [-0.05, 0) is 42.5 Å². The van der Waals surface area contributed by atoms with E-state index < -0.39 is 17.6 Å². The van der Waals surface area contributed by atoms with Crippen molar-refractivity contribution in [2.24, 2.45) is 0 Å². The van der Waals surface area contributed by atoms with E-state index in [1.165, 1.54) is 24.2 Å². The van der Waals surface area contributed by atoms with Gasteiger partial charge in [0.25, 0.3) is 0 Å². The zero-order chi connectivity index (χ0) is 23.6. The van der Waals surface area contributed by atoms with Crippen molar-refractivity contribution in [1.82, 2.24) is 14.9 Å². The van der Waals surface area contributed by atoms with Gasteiger partial charge >= 0.3 is 12.1 Å². The second-order valence-electron chi connectivity index (χ2n) is 8.32. The van der Waals surface area contributed by atoms with E-state index >= 15 is 0 Å². The lowest BCUT2D eigenvalue weighted by atomic mass is 9.93. The number of hydrogen-bond acceptors (Lipinski definition) is 5. The number of carboxylic acid groups (broad SMARTS) is 1. The highest BCUT2D eigenvalue weighted by Crippen LogP contribution is 2.44. The van der Waals surface area contributed by atoms with E-state index in [9.17, 15) is 14.7 Å². The lowest BCUT2D eigenvalue weighted by molar-refractivity contribution is -0.150. The number of carbonyl (C=O) groups is 2. The van der Waals surface area contributed by atoms with Crippen LogP contribution in [0.4, 0.5) is 4.79 Å². The number of aliphatic carboxylic acids is 1. The fraction of sp³-hybridized carbons (Fsp3) is 0.308. The fourth-order valence-corrected chi connectivity index (χ4v) is 4.62. The minimum Gasteiger partial charge on any atom is -0.479 e. The Morgan fingerprint density at radius 2 is 1.61 bits per heavy atom. The number of nitrogens with zero attached hydrogens (tertiary/aromatic N) is 3. The number of benzene rings is 2. The van der Waals surface area contributed by atoms with E-state index in [1.807, 2.05) is 43.3 Å². The van der Waals surface area contributed by atoms with E-state index in [0.29, 0.717) is 12.1 Å². The van der Waals surface area contributed by atoms with E-state index in [-0.39, 0.29) is 24.8 Å². The Hall–Kier alpha value is -3.74. The average molecular weight is 446 g/mol. The van der Waals surface area contributed by atoms with Crippen molar-refractivity contribution in [2.45, 2.75) is 38.6 Å². The number of ether oxygens (including phenoxy) is 1. The molecule has 7 nitrogen and oxygen atoms in total. The van der Waals surface area contributed by atoms with Gasteiger partial charge in [0, 0.05) is 24.9 Å². The number of aromatic nitrogens is 2. The highest BCUT2D eigenvalue weighted by Gasteiger charge is 2.47. The first-order valence-electron chi connectivity index (χ1n) is 11.0. The lowest BCUT2D eigenvalue weighted by Crippen LogP contribution is -2.54. The van der Waals surface area contributed by atoms with E-state index in [0.717, 1.165) is 22.3 Å². The molecule has 1 aromatic heterocycles. The number of carbonyl (C=O) groups excluding carboxylic acids is 1. The van der Waals surface area contributed by atoms with Gasteiger partial charge in [-0.2, -0.15) is 0 Å². The third kappa shape index (κ3) is 3.84. The maximum atomic E-state index is 13.3. The lowest BCUT2D eigenvalue weighted by Gasteiger charge is -2.37. The molecule has 4 rings (SSSR count). The molecule has 0 aliphatic heterocycles. The summed E-state index contributed by atoms with van der Waals surface area (Å²) in [6.07, 6.45) is 2.81. The summed E-state index contributed by atoms with van der Waals surface area (Å²) >= 11 is 0. The van der Waals surface area contributed by atoms with Crippen molar-refractivity contribution >= 4 is 12.1 Å². The molecule has 0 saturated heterocycles. The standard InChI is InChI=1S/C26H27N3O4/c1-4-15-29(26(3,24(30)31)23-17(2)27-13-14-28-23)25(32)33-16-22-20-11-7-5-9-18(20)19-10-6-8-12-21(19)22/h5-14,22H,4,15-16H2,1-3H3,(H,30,31). The van der Waals surface area contributed by atoms with E-state index in [1.54, 1.807) is 6.92 Å². The fourth-order valence-electron chi connectivity index (χ4n) is 4.62. The molecule has 1 atom stereocenters. The molecule has 2 aromatic carbocycles. The predicted octanol–water partition coefficient (Wildman–Crippen LogP) is 4.75. The summed E-state index contributed by atoms with van der Waals surface area (Å²) in [5.74, 6) is -1.30. The minimum absolute atomic E-state index is 0.112. The number of fused-ring (bicyclic) bond motifs is 3. The first-order valence-corrected chi connectivity index (χ1v) is 11.0. The Balaban J connectivity index is 1.64. The number of amides is 1. The average Bonchev–Trinajstić information content (AvgIpc) is 3.14. The summed E-state index contributed by atoms with van der Waals surface area (Å²) in [5.41, 5.74) is 3.42. The Morgan fingerprint density at radius 3 is 2.15 bits per heavy atom. The van der Waals surface area contributed by atoms with Crippen molar-refractivity contribution in [3.63, 3.8) is 0 Å². The summed E-state index contributed by atoms with van der Waals surface area (Å²) in [7, 11) is 0. The first-order chi connectivity index (χ1) is 15.9. The van der Waals surface area contributed by atoms with Crippen molar-refractivity contribution in [2.75, 3.05) is 13.2 Å². The first kappa shape index (κ1) is 22.5. The van der Waals surface area contributed by atoms with E-state index in [2.05, 4.69) is 22.1 Å². The molecule has 1 aliphatic carbocycles. The van der Waals surface area contributed by atoms with Crippen LogP contribution in [0.3, 0.4) is 0 Å². The van der Waals surface area contributed by atoms with Crippen LogP contribution in [0.2, 0.25) is 0 Å². The van der Waals surface area contributed by atoms with Gasteiger partial charge in [0.15, 0.2) is 5.54 Å². The van der Waals surface area contributed by atoms with Crippen LogP contribution in [-0.2, 0) is 15.1 Å². The zero-order valence-electron chi connectivity index (χ0n) is 19.0. The Morgan fingerprint density at radius 1 is 1.03 bits per heavy atom. The summed E-state index contributed by atoms with van der Waals surface area (Å²) < 4.78 is 5.79. The Labute approximate surface area is 193 Å². The third-order valence-corrected chi connectivity index (χ3v) is 6.30. The molecular weight excluding hydrogens is 418 g/mol. The van der Waals surface area contributed by atoms with Crippen LogP contribution in [0.15, 0.2) is 60.9 Å². The van der Waals surface area contributed by atoms with Gasteiger partial charge in [-0.3, -0.25) is 14.9 Å². The summed E-state index contributed by atoms with van der Waals surface area (Å²) in [5, 5.41) is 10.2. The molecule has 0 radical (unpaired) electrons. The molecular formula is C26H27N3O4. The van der Waals surface area contributed by atoms with Crippen LogP contribution < -0.4 is 0 Å². The highest BCUT2D eigenvalue weighted by molar-refractivity contribution is 5.85. The van der Waals surface area contributed by atoms with E-state index in [4.69, 9.17) is 4.74 Å². The molecule has 1 heterocycles. The maximum absolute atomic E-state index is 13.3. The molecule has 0 fully saturated rings. The number of hydrogen-bond donors (Lipinski definition) is 1. The van der Waals surface area contributed by atoms with Gasteiger partial charge in [-0.25, -0.2) is 9.59 Å². The second kappa shape index (κ2) is 9.02. The molecule has 33 heavy (non-hydrogen) atoms. The number of carboxylic acids is 1. The predicted molar refractivity (Wildman–Crippen MR) is 124 cm³/mol. The monoisotopic (exact) mass is 445 g/mol. The smallest absolute Gasteiger partial charge is 0.411 e. The van der Waals surface area contributed by atoms with Crippen molar-refractivity contribution < 1.29 is 19.4 Å². The largest absolute Gasteiger partial charge is 0.479 e. The molecule has 0 saturated carbocycles. The van der Waals surface area contributed by atoms with Gasteiger partial charge in [-0.15, -0.1) is 0 Å². The normalized spacial score (nSPS) is 14.2. The molecule has 0 bridgehead atoms. The van der Waals surface area contributed by atoms with Crippen LogP contribution in [-0.4, -0.2) is 45.2 Å². The third-order valence-electron chi connectivity index (χ3n) is 6.30. The second-order valence-corrected chi connectivity index (χ2v) is 8.32. The minimum atomic E-state index is -1.71. The van der Waals surface area contributed by atoms with Gasteiger partial charge < -0.3 is 9.84 Å². The van der Waals surface area contributed by atoms with Gasteiger partial charge in [0.2, 0.25) is 0 Å². The molecule has 3 aromatic rings. The summed E-state index contributed by atoms with van der Waals surface area (Å²) in [4.78, 5) is 35.5. The van der Waals surface area contributed by atoms with Gasteiger partial charge in [0.05, 0.1) is 11.4 Å². The molecule has 1 unspecified atom stereocenters. The number of rotatable bonds is 7. The molecule has 0 spiro atoms. The van der Waals surface area contributed by atoms with Crippen molar-refractivity contribution in [3.8, 4) is 11.1 Å².